The van der Waals surface area contributed by atoms with Crippen molar-refractivity contribution in [3.8, 4) is 0 Å². The maximum absolute atomic E-state index is 5.66. The first-order valence-electron chi connectivity index (χ1n) is 6.92. The second-order valence-corrected chi connectivity index (χ2v) is 5.02. The predicted molar refractivity (Wildman–Crippen MR) is 76.0 cm³/mol. The lowest BCUT2D eigenvalue weighted by Gasteiger charge is -2.36. The molecule has 1 aliphatic heterocycles. The van der Waals surface area contributed by atoms with Gasteiger partial charge in [-0.2, -0.15) is 0 Å². The number of hydrogen-bond donors (Lipinski definition) is 1. The van der Waals surface area contributed by atoms with E-state index in [1.54, 1.807) is 0 Å². The summed E-state index contributed by atoms with van der Waals surface area (Å²) in [6, 6.07) is 9.37. The number of nitrogens with zero attached hydrogens (tertiary/aromatic N) is 1. The van der Waals surface area contributed by atoms with E-state index in [9.17, 15) is 0 Å². The minimum atomic E-state index is 0.604. The molecular weight excluding hydrogens is 224 g/mol. The van der Waals surface area contributed by atoms with E-state index in [-0.39, 0.29) is 0 Å². The van der Waals surface area contributed by atoms with Gasteiger partial charge in [0, 0.05) is 31.5 Å². The molecule has 0 aliphatic carbocycles. The van der Waals surface area contributed by atoms with E-state index < -0.39 is 0 Å². The van der Waals surface area contributed by atoms with E-state index in [0.29, 0.717) is 6.04 Å². The molecule has 1 aromatic carbocycles. The van der Waals surface area contributed by atoms with Crippen molar-refractivity contribution in [3.63, 3.8) is 0 Å². The van der Waals surface area contributed by atoms with Crippen LogP contribution in [0.3, 0.4) is 0 Å². The highest BCUT2D eigenvalue weighted by Gasteiger charge is 2.21. The van der Waals surface area contributed by atoms with Crippen LogP contribution >= 0.6 is 0 Å². The molecule has 0 bridgehead atoms. The van der Waals surface area contributed by atoms with Crippen LogP contribution in [0.4, 0.5) is 5.69 Å². The summed E-state index contributed by atoms with van der Waals surface area (Å²) in [6.45, 7) is 5.72. The summed E-state index contributed by atoms with van der Waals surface area (Å²) in [5.41, 5.74) is 8.31. The third kappa shape index (κ3) is 3.47. The Hall–Kier alpha value is -1.06. The maximum atomic E-state index is 5.66. The molecule has 0 spiro atoms. The first kappa shape index (κ1) is 13.4. The highest BCUT2D eigenvalue weighted by Crippen LogP contribution is 2.23. The van der Waals surface area contributed by atoms with Crippen molar-refractivity contribution in [1.82, 2.24) is 0 Å². The van der Waals surface area contributed by atoms with E-state index >= 15 is 0 Å². The fraction of sp³-hybridized carbons (Fsp3) is 0.600. The maximum Gasteiger partial charge on any atom is 0.0485 e. The first-order valence-corrected chi connectivity index (χ1v) is 6.92. The van der Waals surface area contributed by atoms with Crippen molar-refractivity contribution in [2.75, 3.05) is 31.2 Å². The highest BCUT2D eigenvalue weighted by atomic mass is 16.5. The van der Waals surface area contributed by atoms with E-state index in [1.165, 1.54) is 11.3 Å². The quantitative estimate of drug-likeness (QED) is 0.869. The Morgan fingerprint density at radius 1 is 1.33 bits per heavy atom. The van der Waals surface area contributed by atoms with Crippen molar-refractivity contribution < 1.29 is 4.74 Å². The van der Waals surface area contributed by atoms with Crippen molar-refractivity contribution in [2.45, 2.75) is 32.2 Å². The molecule has 2 N–H and O–H groups in total. The van der Waals surface area contributed by atoms with Crippen LogP contribution in [0.15, 0.2) is 24.3 Å². The third-order valence-electron chi connectivity index (χ3n) is 3.57. The summed E-state index contributed by atoms with van der Waals surface area (Å²) in [7, 11) is 0. The van der Waals surface area contributed by atoms with Crippen LogP contribution in [-0.4, -0.2) is 32.3 Å². The average Bonchev–Trinajstić information content (AvgIpc) is 2.40. The number of anilines is 1. The lowest BCUT2D eigenvalue weighted by Crippen LogP contribution is -2.40. The minimum absolute atomic E-state index is 0.604. The van der Waals surface area contributed by atoms with Gasteiger partial charge in [0.1, 0.15) is 0 Å². The Bertz CT molecular complexity index is 361. The fourth-order valence-corrected chi connectivity index (χ4v) is 2.59. The van der Waals surface area contributed by atoms with Gasteiger partial charge in [-0.25, -0.2) is 0 Å². The molecule has 0 aromatic heterocycles. The summed E-state index contributed by atoms with van der Waals surface area (Å²) in [5.74, 6) is 0. The van der Waals surface area contributed by atoms with Gasteiger partial charge in [0.05, 0.1) is 0 Å². The van der Waals surface area contributed by atoms with Crippen LogP contribution in [0.2, 0.25) is 0 Å². The number of nitrogens with two attached hydrogens (primary N) is 1. The third-order valence-corrected chi connectivity index (χ3v) is 3.57. The summed E-state index contributed by atoms with van der Waals surface area (Å²) in [6.07, 6.45) is 3.29. The standard InChI is InChI=1S/C15H24N2O/c1-13-4-2-5-15(12-13)17(9-3-8-16)14-6-10-18-11-7-14/h2,4-5,12,14H,3,6-11,16H2,1H3. The van der Waals surface area contributed by atoms with Crippen LogP contribution in [0, 0.1) is 6.92 Å². The van der Waals surface area contributed by atoms with Crippen molar-refractivity contribution in [3.05, 3.63) is 29.8 Å². The van der Waals surface area contributed by atoms with Crippen LogP contribution in [0.25, 0.3) is 0 Å². The van der Waals surface area contributed by atoms with E-state index in [0.717, 1.165) is 45.6 Å². The van der Waals surface area contributed by atoms with Gasteiger partial charge >= 0.3 is 0 Å². The number of hydrogen-bond acceptors (Lipinski definition) is 3. The van der Waals surface area contributed by atoms with E-state index in [1.807, 2.05) is 0 Å². The second-order valence-electron chi connectivity index (χ2n) is 5.02. The number of aryl methyl sites for hydroxylation is 1. The Labute approximate surface area is 110 Å². The molecule has 100 valence electrons. The normalized spacial score (nSPS) is 16.8. The molecule has 0 radical (unpaired) electrons. The average molecular weight is 248 g/mol. The van der Waals surface area contributed by atoms with Crippen molar-refractivity contribution in [1.29, 1.82) is 0 Å². The van der Waals surface area contributed by atoms with Gasteiger partial charge < -0.3 is 15.4 Å². The molecule has 3 nitrogen and oxygen atoms in total. The Kier molecular flexibility index (Phi) is 5.02. The predicted octanol–water partition coefficient (Wildman–Crippen LogP) is 2.33. The molecule has 1 saturated heterocycles. The molecule has 0 unspecified atom stereocenters. The topological polar surface area (TPSA) is 38.5 Å². The fourth-order valence-electron chi connectivity index (χ4n) is 2.59. The van der Waals surface area contributed by atoms with E-state index in [4.69, 9.17) is 10.5 Å². The smallest absolute Gasteiger partial charge is 0.0485 e. The molecule has 3 heteroatoms. The Morgan fingerprint density at radius 3 is 2.78 bits per heavy atom. The van der Waals surface area contributed by atoms with Gasteiger partial charge in [0.15, 0.2) is 0 Å². The molecule has 18 heavy (non-hydrogen) atoms. The molecule has 1 aliphatic rings. The van der Waals surface area contributed by atoms with Gasteiger partial charge in [-0.05, 0) is 50.4 Å². The highest BCUT2D eigenvalue weighted by molar-refractivity contribution is 5.49. The Morgan fingerprint density at radius 2 is 2.11 bits per heavy atom. The molecule has 0 atom stereocenters. The van der Waals surface area contributed by atoms with Crippen LogP contribution in [0.5, 0.6) is 0 Å². The largest absolute Gasteiger partial charge is 0.381 e. The molecule has 1 fully saturated rings. The van der Waals surface area contributed by atoms with Gasteiger partial charge in [-0.3, -0.25) is 0 Å². The van der Waals surface area contributed by atoms with Gasteiger partial charge in [-0.15, -0.1) is 0 Å². The number of ether oxygens (including phenoxy) is 1. The number of rotatable bonds is 5. The first-order chi connectivity index (χ1) is 8.81. The summed E-state index contributed by atoms with van der Waals surface area (Å²) in [5, 5.41) is 0. The van der Waals surface area contributed by atoms with E-state index in [2.05, 4.69) is 36.1 Å². The Balaban J connectivity index is 2.12. The lowest BCUT2D eigenvalue weighted by atomic mass is 10.0. The zero-order valence-electron chi connectivity index (χ0n) is 11.3. The summed E-state index contributed by atoms with van der Waals surface area (Å²) >= 11 is 0. The summed E-state index contributed by atoms with van der Waals surface area (Å²) < 4.78 is 5.46. The minimum Gasteiger partial charge on any atom is -0.381 e. The number of benzene rings is 1. The zero-order chi connectivity index (χ0) is 12.8. The van der Waals surface area contributed by atoms with Gasteiger partial charge in [0.2, 0.25) is 0 Å². The van der Waals surface area contributed by atoms with Crippen LogP contribution in [-0.2, 0) is 4.74 Å². The molecule has 1 aromatic rings. The van der Waals surface area contributed by atoms with Gasteiger partial charge in [0.25, 0.3) is 0 Å². The van der Waals surface area contributed by atoms with Crippen molar-refractivity contribution >= 4 is 5.69 Å². The molecule has 0 saturated carbocycles. The molecular formula is C15H24N2O. The molecule has 2 rings (SSSR count). The second kappa shape index (κ2) is 6.76. The van der Waals surface area contributed by atoms with Crippen LogP contribution < -0.4 is 10.6 Å². The van der Waals surface area contributed by atoms with Crippen LogP contribution in [0.1, 0.15) is 24.8 Å². The SMILES string of the molecule is Cc1cccc(N(CCCN)C2CCOCC2)c1. The van der Waals surface area contributed by atoms with Crippen molar-refractivity contribution in [2.24, 2.45) is 5.73 Å². The lowest BCUT2D eigenvalue weighted by molar-refractivity contribution is 0.0844. The monoisotopic (exact) mass is 248 g/mol. The van der Waals surface area contributed by atoms with Gasteiger partial charge in [-0.1, -0.05) is 12.1 Å². The molecule has 0 amide bonds. The summed E-state index contributed by atoms with van der Waals surface area (Å²) in [4.78, 5) is 2.52. The zero-order valence-corrected chi connectivity index (χ0v) is 11.3. The molecule has 1 heterocycles.